The molecule has 0 aromatic carbocycles. The highest BCUT2D eigenvalue weighted by atomic mass is 16.5. The van der Waals surface area contributed by atoms with Gasteiger partial charge in [-0.15, -0.1) is 0 Å². The SMILES string of the molecule is CCOc1ccc(NC(=O)C(C)(C)OC)cn1. The molecule has 5 nitrogen and oxygen atoms in total. The minimum Gasteiger partial charge on any atom is -0.478 e. The van der Waals surface area contributed by atoms with Gasteiger partial charge in [-0.1, -0.05) is 0 Å². The zero-order valence-electron chi connectivity index (χ0n) is 10.6. The van der Waals surface area contributed by atoms with Crippen LogP contribution in [0, 0.1) is 0 Å². The average Bonchev–Trinajstić information content (AvgIpc) is 2.32. The second-order valence-electron chi connectivity index (χ2n) is 3.99. The average molecular weight is 238 g/mol. The second-order valence-corrected chi connectivity index (χ2v) is 3.99. The standard InChI is InChI=1S/C12H18N2O3/c1-5-17-10-7-6-9(8-13-10)14-11(15)12(2,3)16-4/h6-8H,5H2,1-4H3,(H,14,15). The fourth-order valence-corrected chi connectivity index (χ4v) is 1.06. The molecule has 0 aliphatic rings. The Kier molecular flexibility index (Phi) is 4.45. The number of hydrogen-bond donors (Lipinski definition) is 1. The molecule has 1 rings (SSSR count). The summed E-state index contributed by atoms with van der Waals surface area (Å²) in [5, 5.41) is 2.72. The van der Waals surface area contributed by atoms with Crippen LogP contribution < -0.4 is 10.1 Å². The van der Waals surface area contributed by atoms with E-state index >= 15 is 0 Å². The summed E-state index contributed by atoms with van der Waals surface area (Å²) >= 11 is 0. The molecule has 1 amide bonds. The van der Waals surface area contributed by atoms with Crippen molar-refractivity contribution in [3.63, 3.8) is 0 Å². The third-order valence-electron chi connectivity index (χ3n) is 2.34. The first kappa shape index (κ1) is 13.4. The minimum absolute atomic E-state index is 0.217. The van der Waals surface area contributed by atoms with Gasteiger partial charge in [0.2, 0.25) is 5.88 Å². The summed E-state index contributed by atoms with van der Waals surface area (Å²) in [5.74, 6) is 0.322. The summed E-state index contributed by atoms with van der Waals surface area (Å²) in [6, 6.07) is 3.44. The molecule has 0 saturated carbocycles. The van der Waals surface area contributed by atoms with E-state index in [1.54, 1.807) is 32.2 Å². The molecule has 0 aliphatic heterocycles. The fraction of sp³-hybridized carbons (Fsp3) is 0.500. The van der Waals surface area contributed by atoms with Gasteiger partial charge in [-0.25, -0.2) is 4.98 Å². The Balaban J connectivity index is 2.66. The highest BCUT2D eigenvalue weighted by Crippen LogP contribution is 2.15. The predicted octanol–water partition coefficient (Wildman–Crippen LogP) is 1.84. The Morgan fingerprint density at radius 2 is 2.18 bits per heavy atom. The van der Waals surface area contributed by atoms with Crippen LogP contribution in [0.5, 0.6) is 5.88 Å². The smallest absolute Gasteiger partial charge is 0.256 e. The molecule has 0 bridgehead atoms. The molecule has 1 heterocycles. The van der Waals surface area contributed by atoms with Gasteiger partial charge in [-0.2, -0.15) is 0 Å². The summed E-state index contributed by atoms with van der Waals surface area (Å²) in [6.45, 7) is 5.85. The fourth-order valence-electron chi connectivity index (χ4n) is 1.06. The third-order valence-corrected chi connectivity index (χ3v) is 2.34. The molecular weight excluding hydrogens is 220 g/mol. The first-order valence-electron chi connectivity index (χ1n) is 5.45. The Hall–Kier alpha value is -1.62. The topological polar surface area (TPSA) is 60.5 Å². The number of carbonyl (C=O) groups excluding carboxylic acids is 1. The number of carbonyl (C=O) groups is 1. The number of aromatic nitrogens is 1. The van der Waals surface area contributed by atoms with Crippen LogP contribution in [0.25, 0.3) is 0 Å². The summed E-state index contributed by atoms with van der Waals surface area (Å²) in [4.78, 5) is 15.8. The van der Waals surface area contributed by atoms with Crippen molar-refractivity contribution in [1.82, 2.24) is 4.98 Å². The van der Waals surface area contributed by atoms with Crippen LogP contribution in [0.3, 0.4) is 0 Å². The van der Waals surface area contributed by atoms with E-state index in [2.05, 4.69) is 10.3 Å². The second kappa shape index (κ2) is 5.63. The quantitative estimate of drug-likeness (QED) is 0.850. The lowest BCUT2D eigenvalue weighted by atomic mass is 10.1. The minimum atomic E-state index is -0.863. The molecule has 17 heavy (non-hydrogen) atoms. The maximum absolute atomic E-state index is 11.8. The summed E-state index contributed by atoms with van der Waals surface area (Å²) in [7, 11) is 1.50. The van der Waals surface area contributed by atoms with Crippen LogP contribution >= 0.6 is 0 Å². The van der Waals surface area contributed by atoms with Crippen LogP contribution in [0.1, 0.15) is 20.8 Å². The number of ether oxygens (including phenoxy) is 2. The largest absolute Gasteiger partial charge is 0.478 e. The van der Waals surface area contributed by atoms with Crippen LogP contribution in [0.4, 0.5) is 5.69 Å². The van der Waals surface area contributed by atoms with E-state index in [1.807, 2.05) is 6.92 Å². The number of nitrogens with one attached hydrogen (secondary N) is 1. The predicted molar refractivity (Wildman–Crippen MR) is 65.1 cm³/mol. The van der Waals surface area contributed by atoms with Crippen LogP contribution in [-0.4, -0.2) is 30.2 Å². The van der Waals surface area contributed by atoms with Crippen LogP contribution in [-0.2, 0) is 9.53 Å². The van der Waals surface area contributed by atoms with Gasteiger partial charge in [-0.3, -0.25) is 4.79 Å². The maximum Gasteiger partial charge on any atom is 0.256 e. The summed E-state index contributed by atoms with van der Waals surface area (Å²) in [5.41, 5.74) is -0.248. The van der Waals surface area contributed by atoms with Gasteiger partial charge in [0, 0.05) is 13.2 Å². The van der Waals surface area contributed by atoms with Crippen LogP contribution in [0.15, 0.2) is 18.3 Å². The van der Waals surface area contributed by atoms with E-state index in [0.29, 0.717) is 18.2 Å². The number of amides is 1. The number of nitrogens with zero attached hydrogens (tertiary/aromatic N) is 1. The van der Waals surface area contributed by atoms with Crippen molar-refractivity contribution in [3.8, 4) is 5.88 Å². The molecule has 0 atom stereocenters. The van der Waals surface area contributed by atoms with Gasteiger partial charge < -0.3 is 14.8 Å². The molecule has 1 aromatic heterocycles. The zero-order valence-corrected chi connectivity index (χ0v) is 10.6. The van der Waals surface area contributed by atoms with Crippen molar-refractivity contribution in [2.45, 2.75) is 26.4 Å². The molecule has 94 valence electrons. The summed E-state index contributed by atoms with van der Waals surface area (Å²) < 4.78 is 10.3. The van der Waals surface area contributed by atoms with Gasteiger partial charge in [0.25, 0.3) is 5.91 Å². The number of rotatable bonds is 5. The van der Waals surface area contributed by atoms with Crippen molar-refractivity contribution >= 4 is 11.6 Å². The number of methoxy groups -OCH3 is 1. The number of pyridine rings is 1. The Morgan fingerprint density at radius 1 is 1.47 bits per heavy atom. The molecule has 0 unspecified atom stereocenters. The van der Waals surface area contributed by atoms with Crippen molar-refractivity contribution in [1.29, 1.82) is 0 Å². The Bertz CT molecular complexity index is 374. The lowest BCUT2D eigenvalue weighted by Crippen LogP contribution is -2.38. The van der Waals surface area contributed by atoms with E-state index in [-0.39, 0.29) is 5.91 Å². The van der Waals surface area contributed by atoms with E-state index in [4.69, 9.17) is 9.47 Å². The highest BCUT2D eigenvalue weighted by molar-refractivity contribution is 5.96. The molecule has 5 heteroatoms. The highest BCUT2D eigenvalue weighted by Gasteiger charge is 2.26. The van der Waals surface area contributed by atoms with Gasteiger partial charge in [-0.05, 0) is 26.8 Å². The van der Waals surface area contributed by atoms with E-state index in [9.17, 15) is 4.79 Å². The number of hydrogen-bond acceptors (Lipinski definition) is 4. The third kappa shape index (κ3) is 3.71. The van der Waals surface area contributed by atoms with E-state index in [1.165, 1.54) is 7.11 Å². The molecular formula is C12H18N2O3. The van der Waals surface area contributed by atoms with Crippen LogP contribution in [0.2, 0.25) is 0 Å². The molecule has 1 N–H and O–H groups in total. The van der Waals surface area contributed by atoms with Gasteiger partial charge >= 0.3 is 0 Å². The summed E-state index contributed by atoms with van der Waals surface area (Å²) in [6.07, 6.45) is 1.55. The first-order valence-corrected chi connectivity index (χ1v) is 5.45. The molecule has 0 saturated heterocycles. The lowest BCUT2D eigenvalue weighted by Gasteiger charge is -2.21. The molecule has 0 spiro atoms. The molecule has 1 aromatic rings. The van der Waals surface area contributed by atoms with E-state index in [0.717, 1.165) is 0 Å². The Labute approximate surface area is 101 Å². The van der Waals surface area contributed by atoms with Gasteiger partial charge in [0.15, 0.2) is 0 Å². The van der Waals surface area contributed by atoms with E-state index < -0.39 is 5.60 Å². The first-order chi connectivity index (χ1) is 7.99. The van der Waals surface area contributed by atoms with Crippen molar-refractivity contribution in [2.24, 2.45) is 0 Å². The lowest BCUT2D eigenvalue weighted by molar-refractivity contribution is -0.133. The molecule has 0 aliphatic carbocycles. The normalized spacial score (nSPS) is 11.1. The molecule has 0 fully saturated rings. The number of anilines is 1. The molecule has 0 radical (unpaired) electrons. The Morgan fingerprint density at radius 3 is 2.65 bits per heavy atom. The van der Waals surface area contributed by atoms with Gasteiger partial charge in [0.05, 0.1) is 18.5 Å². The van der Waals surface area contributed by atoms with Crippen molar-refractivity contribution in [3.05, 3.63) is 18.3 Å². The van der Waals surface area contributed by atoms with Gasteiger partial charge in [0.1, 0.15) is 5.60 Å². The van der Waals surface area contributed by atoms with Crippen molar-refractivity contribution < 1.29 is 14.3 Å². The monoisotopic (exact) mass is 238 g/mol. The zero-order chi connectivity index (χ0) is 12.9. The van der Waals surface area contributed by atoms with Crippen molar-refractivity contribution in [2.75, 3.05) is 19.0 Å². The maximum atomic E-state index is 11.8.